The largest absolute Gasteiger partial charge is 0.351 e. The van der Waals surface area contributed by atoms with Gasteiger partial charge in [-0.15, -0.1) is 10.2 Å². The number of benzene rings is 2. The molecule has 4 rings (SSSR count). The highest BCUT2D eigenvalue weighted by Gasteiger charge is 2.24. The molecule has 0 atom stereocenters. The number of amides is 1. The number of aromatic nitrogens is 4. The van der Waals surface area contributed by atoms with Gasteiger partial charge in [-0.05, 0) is 29.8 Å². The molecule has 0 unspecified atom stereocenters. The average Bonchev–Trinajstić information content (AvgIpc) is 3.14. The first-order chi connectivity index (χ1) is 14.3. The summed E-state index contributed by atoms with van der Waals surface area (Å²) < 4.78 is 14.9. The molecule has 6 nitrogen and oxygen atoms in total. The summed E-state index contributed by atoms with van der Waals surface area (Å²) >= 11 is 1.32. The molecule has 1 N–H and O–H groups in total. The lowest BCUT2D eigenvalue weighted by Gasteiger charge is -2.20. The molecule has 0 saturated heterocycles. The molecule has 2 aromatic heterocycles. The van der Waals surface area contributed by atoms with Crippen LogP contribution in [0.4, 0.5) is 4.39 Å². The molecule has 0 fully saturated rings. The van der Waals surface area contributed by atoms with Gasteiger partial charge in [0.2, 0.25) is 5.91 Å². The first-order valence-electron chi connectivity index (χ1n) is 9.61. The van der Waals surface area contributed by atoms with Crippen LogP contribution in [0.3, 0.4) is 0 Å². The number of carbonyl (C=O) groups excluding carboxylic acids is 1. The number of halogens is 1. The van der Waals surface area contributed by atoms with Crippen molar-refractivity contribution in [1.29, 1.82) is 0 Å². The second-order valence-corrected chi connectivity index (χ2v) is 8.98. The van der Waals surface area contributed by atoms with E-state index in [0.717, 1.165) is 27.9 Å². The molecule has 0 radical (unpaired) electrons. The highest BCUT2D eigenvalue weighted by molar-refractivity contribution is 7.99. The van der Waals surface area contributed by atoms with Crippen molar-refractivity contribution in [2.45, 2.75) is 37.9 Å². The minimum atomic E-state index is -0.296. The minimum absolute atomic E-state index is 0.132. The molecule has 8 heteroatoms. The molecule has 2 aromatic carbocycles. The van der Waals surface area contributed by atoms with E-state index in [9.17, 15) is 9.18 Å². The van der Waals surface area contributed by atoms with Gasteiger partial charge in [0.05, 0.1) is 11.3 Å². The van der Waals surface area contributed by atoms with Crippen LogP contribution in [-0.2, 0) is 16.8 Å². The van der Waals surface area contributed by atoms with Crippen LogP contribution in [0, 0.1) is 5.82 Å². The maximum absolute atomic E-state index is 13.0. The predicted molar refractivity (Wildman–Crippen MR) is 116 cm³/mol. The highest BCUT2D eigenvalue weighted by atomic mass is 32.2. The molecule has 0 aliphatic carbocycles. The van der Waals surface area contributed by atoms with E-state index < -0.39 is 0 Å². The van der Waals surface area contributed by atoms with Crippen molar-refractivity contribution in [3.05, 3.63) is 65.7 Å². The van der Waals surface area contributed by atoms with Crippen molar-refractivity contribution in [1.82, 2.24) is 24.9 Å². The summed E-state index contributed by atoms with van der Waals surface area (Å²) in [5.74, 6) is 0.607. The topological polar surface area (TPSA) is 72.2 Å². The zero-order valence-electron chi connectivity index (χ0n) is 17.0. The number of rotatable bonds is 5. The molecule has 0 aliphatic rings. The third-order valence-corrected chi connectivity index (χ3v) is 5.55. The van der Waals surface area contributed by atoms with Crippen molar-refractivity contribution in [3.8, 4) is 0 Å². The lowest BCUT2D eigenvalue weighted by molar-refractivity contribution is -0.118. The second kappa shape index (κ2) is 8.02. The molecule has 1 amide bonds. The van der Waals surface area contributed by atoms with Gasteiger partial charge in [0.15, 0.2) is 10.8 Å². The number of para-hydroxylation sites is 1. The monoisotopic (exact) mass is 423 g/mol. The van der Waals surface area contributed by atoms with Gasteiger partial charge in [-0.2, -0.15) is 0 Å². The molecular weight excluding hydrogens is 401 g/mol. The van der Waals surface area contributed by atoms with E-state index in [1.54, 1.807) is 12.1 Å². The third kappa shape index (κ3) is 4.14. The van der Waals surface area contributed by atoms with E-state index in [1.807, 2.05) is 28.7 Å². The minimum Gasteiger partial charge on any atom is -0.351 e. The zero-order valence-corrected chi connectivity index (χ0v) is 17.8. The smallest absolute Gasteiger partial charge is 0.230 e. The van der Waals surface area contributed by atoms with Crippen LogP contribution in [0.2, 0.25) is 0 Å². The van der Waals surface area contributed by atoms with E-state index >= 15 is 0 Å². The zero-order chi connectivity index (χ0) is 21.3. The van der Waals surface area contributed by atoms with E-state index in [0.29, 0.717) is 11.7 Å². The predicted octanol–water partition coefficient (Wildman–Crippen LogP) is 4.12. The Kier molecular flexibility index (Phi) is 5.42. The summed E-state index contributed by atoms with van der Waals surface area (Å²) in [6.45, 7) is 6.62. The number of nitrogens with one attached hydrogen (secondary N) is 1. The fourth-order valence-electron chi connectivity index (χ4n) is 3.14. The van der Waals surface area contributed by atoms with Crippen LogP contribution in [-0.4, -0.2) is 31.2 Å². The maximum Gasteiger partial charge on any atom is 0.230 e. The molecule has 2 heterocycles. The summed E-state index contributed by atoms with van der Waals surface area (Å²) in [4.78, 5) is 17.2. The van der Waals surface area contributed by atoms with Crippen molar-refractivity contribution in [3.63, 3.8) is 0 Å². The SMILES string of the molecule is CC(C)(C)c1nc2ccccc2c2nnc(SCC(=O)NCc3ccc(F)cc3)n12. The van der Waals surface area contributed by atoms with E-state index in [2.05, 4.69) is 36.3 Å². The van der Waals surface area contributed by atoms with Crippen molar-refractivity contribution >= 4 is 34.2 Å². The van der Waals surface area contributed by atoms with Crippen LogP contribution in [0.5, 0.6) is 0 Å². The van der Waals surface area contributed by atoms with Crippen LogP contribution in [0.25, 0.3) is 16.6 Å². The van der Waals surface area contributed by atoms with Gasteiger partial charge in [0.1, 0.15) is 11.6 Å². The van der Waals surface area contributed by atoms with Crippen LogP contribution < -0.4 is 5.32 Å². The van der Waals surface area contributed by atoms with Gasteiger partial charge in [0, 0.05) is 17.3 Å². The Morgan fingerprint density at radius 1 is 1.10 bits per heavy atom. The standard InChI is InChI=1S/C22H22FN5OS/c1-22(2,3)20-25-17-7-5-4-6-16(17)19-26-27-21(28(19)20)30-13-18(29)24-12-14-8-10-15(23)11-9-14/h4-11H,12-13H2,1-3H3,(H,24,29). The van der Waals surface area contributed by atoms with E-state index in [1.165, 1.54) is 23.9 Å². The molecule has 154 valence electrons. The Hall–Kier alpha value is -3.00. The number of hydrogen-bond acceptors (Lipinski definition) is 5. The first-order valence-corrected chi connectivity index (χ1v) is 10.6. The molecule has 0 bridgehead atoms. The maximum atomic E-state index is 13.0. The lowest BCUT2D eigenvalue weighted by atomic mass is 9.95. The number of carbonyl (C=O) groups is 1. The number of fused-ring (bicyclic) bond motifs is 3. The average molecular weight is 424 g/mol. The Morgan fingerprint density at radius 3 is 2.57 bits per heavy atom. The summed E-state index contributed by atoms with van der Waals surface area (Å²) in [5, 5.41) is 13.1. The summed E-state index contributed by atoms with van der Waals surface area (Å²) in [5.41, 5.74) is 2.22. The van der Waals surface area contributed by atoms with Gasteiger partial charge in [-0.3, -0.25) is 9.20 Å². The van der Waals surface area contributed by atoms with Gasteiger partial charge in [0.25, 0.3) is 0 Å². The first kappa shape index (κ1) is 20.3. The molecular formula is C22H22FN5OS. The van der Waals surface area contributed by atoms with Gasteiger partial charge < -0.3 is 5.32 Å². The molecule has 4 aromatic rings. The molecule has 0 saturated carbocycles. The Balaban J connectivity index is 1.56. The number of nitrogens with zero attached hydrogens (tertiary/aromatic N) is 4. The van der Waals surface area contributed by atoms with E-state index in [-0.39, 0.29) is 22.9 Å². The Labute approximate surface area is 177 Å². The normalized spacial score (nSPS) is 11.9. The fraction of sp³-hybridized carbons (Fsp3) is 0.273. The quantitative estimate of drug-likeness (QED) is 0.489. The molecule has 0 aliphatic heterocycles. The number of thioether (sulfide) groups is 1. The lowest BCUT2D eigenvalue weighted by Crippen LogP contribution is -2.25. The summed E-state index contributed by atoms with van der Waals surface area (Å²) in [6.07, 6.45) is 0. The number of hydrogen-bond donors (Lipinski definition) is 1. The van der Waals surface area contributed by atoms with Gasteiger partial charge >= 0.3 is 0 Å². The van der Waals surface area contributed by atoms with Gasteiger partial charge in [-0.25, -0.2) is 9.37 Å². The summed E-state index contributed by atoms with van der Waals surface area (Å²) in [6, 6.07) is 13.9. The fourth-order valence-corrected chi connectivity index (χ4v) is 3.90. The molecule has 0 spiro atoms. The Morgan fingerprint density at radius 2 is 1.83 bits per heavy atom. The highest BCUT2D eigenvalue weighted by Crippen LogP contribution is 2.29. The summed E-state index contributed by atoms with van der Waals surface area (Å²) in [7, 11) is 0. The second-order valence-electron chi connectivity index (χ2n) is 8.04. The third-order valence-electron chi connectivity index (χ3n) is 4.62. The Bertz CT molecular complexity index is 1210. The van der Waals surface area contributed by atoms with Gasteiger partial charge in [-0.1, -0.05) is 56.8 Å². The molecule has 30 heavy (non-hydrogen) atoms. The van der Waals surface area contributed by atoms with Crippen molar-refractivity contribution < 1.29 is 9.18 Å². The van der Waals surface area contributed by atoms with Crippen LogP contribution in [0.1, 0.15) is 32.2 Å². The van der Waals surface area contributed by atoms with Crippen molar-refractivity contribution in [2.75, 3.05) is 5.75 Å². The van der Waals surface area contributed by atoms with Crippen LogP contribution >= 0.6 is 11.8 Å². The van der Waals surface area contributed by atoms with Crippen LogP contribution in [0.15, 0.2) is 53.7 Å². The van der Waals surface area contributed by atoms with Crippen molar-refractivity contribution in [2.24, 2.45) is 0 Å². The van der Waals surface area contributed by atoms with E-state index in [4.69, 9.17) is 4.98 Å².